The van der Waals surface area contributed by atoms with E-state index in [0.29, 0.717) is 6.54 Å². The Morgan fingerprint density at radius 2 is 2.00 bits per heavy atom. The zero-order valence-corrected chi connectivity index (χ0v) is 17.7. The molecule has 0 aliphatic carbocycles. The molecule has 1 amide bonds. The molecular formula is C19H27IN4O2. The smallest absolute Gasteiger partial charge is 0.407 e. The summed E-state index contributed by atoms with van der Waals surface area (Å²) in [5.74, 6) is 0.929. The van der Waals surface area contributed by atoms with Crippen molar-refractivity contribution in [3.05, 3.63) is 42.4 Å². The summed E-state index contributed by atoms with van der Waals surface area (Å²) in [4.78, 5) is 19.5. The normalized spacial score (nSPS) is 12.6. The molecule has 2 rings (SSSR count). The van der Waals surface area contributed by atoms with Gasteiger partial charge >= 0.3 is 6.09 Å². The lowest BCUT2D eigenvalue weighted by Gasteiger charge is -2.19. The lowest BCUT2D eigenvalue weighted by atomic mass is 10.1. The van der Waals surface area contributed by atoms with Crippen molar-refractivity contribution >= 4 is 29.0 Å². The first-order valence-corrected chi connectivity index (χ1v) is 9.90. The summed E-state index contributed by atoms with van der Waals surface area (Å²) in [5.41, 5.74) is 1.68. The van der Waals surface area contributed by atoms with Crippen LogP contribution in [0, 0.1) is 0 Å². The first-order valence-electron chi connectivity index (χ1n) is 8.82. The van der Waals surface area contributed by atoms with E-state index in [9.17, 15) is 4.79 Å². The molecule has 1 unspecified atom stereocenters. The Hall–Kier alpha value is -1.61. The van der Waals surface area contributed by atoms with Gasteiger partial charge in [0.2, 0.25) is 0 Å². The Labute approximate surface area is 169 Å². The third-order valence-electron chi connectivity index (χ3n) is 3.73. The highest BCUT2D eigenvalue weighted by atomic mass is 127. The van der Waals surface area contributed by atoms with Crippen molar-refractivity contribution in [3.63, 3.8) is 0 Å². The molecule has 0 saturated heterocycles. The van der Waals surface area contributed by atoms with Crippen LogP contribution >= 0.6 is 22.9 Å². The highest BCUT2D eigenvalue weighted by molar-refractivity contribution is 14.1. The standard InChI is InChI=1S/C19H27IN4O2/c1-19(2,3)26-18(25)21-12-8-7-11-15(24-20)17-22-13-16(23-17)14-9-5-4-6-10-14/h4-6,9-10,13,15,24H,7-8,11-12H2,1-3H3,(H,21,25)(H,22,23). The molecule has 6 nitrogen and oxygen atoms in total. The lowest BCUT2D eigenvalue weighted by molar-refractivity contribution is 0.0527. The van der Waals surface area contributed by atoms with Gasteiger partial charge in [0.25, 0.3) is 0 Å². The number of alkyl carbamates (subject to hydrolysis) is 1. The molecule has 0 radical (unpaired) electrons. The van der Waals surface area contributed by atoms with E-state index in [1.54, 1.807) is 0 Å². The molecule has 0 bridgehead atoms. The Balaban J connectivity index is 1.76. The number of unbranched alkanes of at least 4 members (excludes halogenated alkanes) is 1. The molecule has 1 atom stereocenters. The topological polar surface area (TPSA) is 79.0 Å². The molecule has 0 aliphatic heterocycles. The van der Waals surface area contributed by atoms with Crippen LogP contribution < -0.4 is 8.85 Å². The lowest BCUT2D eigenvalue weighted by Crippen LogP contribution is -2.33. The van der Waals surface area contributed by atoms with E-state index >= 15 is 0 Å². The number of rotatable bonds is 8. The Kier molecular flexibility index (Phi) is 7.89. The fourth-order valence-corrected chi connectivity index (χ4v) is 3.11. The first-order chi connectivity index (χ1) is 12.4. The summed E-state index contributed by atoms with van der Waals surface area (Å²) in [6.07, 6.45) is 4.30. The van der Waals surface area contributed by atoms with Gasteiger partial charge in [0.1, 0.15) is 11.4 Å². The molecule has 2 aromatic rings. The van der Waals surface area contributed by atoms with E-state index < -0.39 is 5.60 Å². The molecular weight excluding hydrogens is 443 g/mol. The average Bonchev–Trinajstić information content (AvgIpc) is 3.07. The zero-order valence-electron chi connectivity index (χ0n) is 15.5. The molecule has 0 fully saturated rings. The number of benzene rings is 1. The highest BCUT2D eigenvalue weighted by Crippen LogP contribution is 2.22. The van der Waals surface area contributed by atoms with Gasteiger partial charge in [0.05, 0.1) is 17.9 Å². The molecule has 3 N–H and O–H groups in total. The van der Waals surface area contributed by atoms with Gasteiger partial charge in [-0.15, -0.1) is 0 Å². The maximum atomic E-state index is 11.6. The van der Waals surface area contributed by atoms with Crippen molar-refractivity contribution in [2.75, 3.05) is 6.54 Å². The molecule has 7 heteroatoms. The maximum absolute atomic E-state index is 11.6. The Morgan fingerprint density at radius 1 is 1.27 bits per heavy atom. The summed E-state index contributed by atoms with van der Waals surface area (Å²) < 4.78 is 8.50. The fourth-order valence-electron chi connectivity index (χ4n) is 2.50. The van der Waals surface area contributed by atoms with Crippen LogP contribution in [0.5, 0.6) is 0 Å². The minimum atomic E-state index is -0.462. The SMILES string of the molecule is CC(C)(C)OC(=O)NCCCCC(NI)c1ncc(-c2ccccc2)[nH]1. The van der Waals surface area contributed by atoms with E-state index in [4.69, 9.17) is 4.74 Å². The van der Waals surface area contributed by atoms with Crippen LogP contribution in [0.4, 0.5) is 4.79 Å². The quantitative estimate of drug-likeness (QED) is 0.296. The fraction of sp³-hybridized carbons (Fsp3) is 0.474. The number of hydrogen-bond acceptors (Lipinski definition) is 4. The molecule has 0 spiro atoms. The number of aromatic amines is 1. The number of ether oxygens (including phenoxy) is 1. The summed E-state index contributed by atoms with van der Waals surface area (Å²) in [6, 6.07) is 10.3. The third-order valence-corrected chi connectivity index (χ3v) is 4.48. The van der Waals surface area contributed by atoms with Crippen LogP contribution in [0.25, 0.3) is 11.3 Å². The summed E-state index contributed by atoms with van der Waals surface area (Å²) in [7, 11) is 0. The van der Waals surface area contributed by atoms with E-state index in [1.807, 2.05) is 45.2 Å². The number of halogens is 1. The number of H-pyrrole nitrogens is 1. The van der Waals surface area contributed by atoms with Gasteiger partial charge in [0, 0.05) is 29.4 Å². The second-order valence-corrected chi connectivity index (χ2v) is 7.76. The van der Waals surface area contributed by atoms with Gasteiger partial charge in [-0.1, -0.05) is 30.3 Å². The molecule has 142 valence electrons. The summed E-state index contributed by atoms with van der Waals surface area (Å²) >= 11 is 2.16. The van der Waals surface area contributed by atoms with Gasteiger partial charge in [-0.25, -0.2) is 9.78 Å². The number of aromatic nitrogens is 2. The van der Waals surface area contributed by atoms with Crippen molar-refractivity contribution in [1.82, 2.24) is 18.8 Å². The number of hydrogen-bond donors (Lipinski definition) is 3. The van der Waals surface area contributed by atoms with Gasteiger partial charge in [-0.2, -0.15) is 0 Å². The number of nitrogens with zero attached hydrogens (tertiary/aromatic N) is 1. The van der Waals surface area contributed by atoms with Gasteiger partial charge < -0.3 is 15.0 Å². The molecule has 1 heterocycles. The van der Waals surface area contributed by atoms with Gasteiger partial charge in [-0.05, 0) is 45.6 Å². The van der Waals surface area contributed by atoms with E-state index in [0.717, 1.165) is 36.3 Å². The first kappa shape index (κ1) is 20.7. The van der Waals surface area contributed by atoms with Crippen LogP contribution in [0.15, 0.2) is 36.5 Å². The van der Waals surface area contributed by atoms with Crippen molar-refractivity contribution < 1.29 is 9.53 Å². The van der Waals surface area contributed by atoms with Crippen LogP contribution in [0.2, 0.25) is 0 Å². The maximum Gasteiger partial charge on any atom is 0.407 e. The average molecular weight is 470 g/mol. The second kappa shape index (κ2) is 9.91. The van der Waals surface area contributed by atoms with E-state index in [-0.39, 0.29) is 12.1 Å². The van der Waals surface area contributed by atoms with Crippen molar-refractivity contribution in [1.29, 1.82) is 0 Å². The molecule has 1 aromatic heterocycles. The zero-order chi connectivity index (χ0) is 19.0. The monoisotopic (exact) mass is 470 g/mol. The van der Waals surface area contributed by atoms with Crippen molar-refractivity contribution in [2.24, 2.45) is 0 Å². The highest BCUT2D eigenvalue weighted by Gasteiger charge is 2.16. The van der Waals surface area contributed by atoms with Crippen LogP contribution in [-0.2, 0) is 4.74 Å². The van der Waals surface area contributed by atoms with Crippen LogP contribution in [0.3, 0.4) is 0 Å². The van der Waals surface area contributed by atoms with Crippen molar-refractivity contribution in [2.45, 2.75) is 51.7 Å². The molecule has 0 saturated carbocycles. The molecule has 0 aliphatic rings. The Morgan fingerprint density at radius 3 is 2.65 bits per heavy atom. The Bertz CT molecular complexity index is 682. The number of nitrogens with one attached hydrogen (secondary N) is 3. The number of amides is 1. The largest absolute Gasteiger partial charge is 0.444 e. The predicted octanol–water partition coefficient (Wildman–Crippen LogP) is 4.75. The number of carbonyl (C=O) groups is 1. The van der Waals surface area contributed by atoms with Gasteiger partial charge in [0.15, 0.2) is 0 Å². The summed E-state index contributed by atoms with van der Waals surface area (Å²) in [6.45, 7) is 6.18. The molecule has 1 aromatic carbocycles. The van der Waals surface area contributed by atoms with E-state index in [1.165, 1.54) is 0 Å². The van der Waals surface area contributed by atoms with Crippen LogP contribution in [-0.4, -0.2) is 28.2 Å². The summed E-state index contributed by atoms with van der Waals surface area (Å²) in [5, 5.41) is 2.79. The minimum absolute atomic E-state index is 0.148. The van der Waals surface area contributed by atoms with Gasteiger partial charge in [-0.3, -0.25) is 3.53 Å². The predicted molar refractivity (Wildman–Crippen MR) is 112 cm³/mol. The minimum Gasteiger partial charge on any atom is -0.444 e. The second-order valence-electron chi connectivity index (χ2n) is 7.13. The van der Waals surface area contributed by atoms with Crippen LogP contribution in [0.1, 0.15) is 51.9 Å². The van der Waals surface area contributed by atoms with Crippen molar-refractivity contribution in [3.8, 4) is 11.3 Å². The third kappa shape index (κ3) is 6.95. The number of carbonyl (C=O) groups excluding carboxylic acids is 1. The number of imidazole rings is 1. The molecule has 26 heavy (non-hydrogen) atoms. The van der Waals surface area contributed by atoms with E-state index in [2.05, 4.69) is 53.8 Å².